The first-order valence-corrected chi connectivity index (χ1v) is 11.8. The van der Waals surface area contributed by atoms with Crippen molar-refractivity contribution in [3.8, 4) is 11.3 Å². The second-order valence-electron chi connectivity index (χ2n) is 6.98. The van der Waals surface area contributed by atoms with Crippen molar-refractivity contribution in [2.75, 3.05) is 5.32 Å². The number of hydrogen-bond acceptors (Lipinski definition) is 7. The summed E-state index contributed by atoms with van der Waals surface area (Å²) in [5.41, 5.74) is -1.77. The van der Waals surface area contributed by atoms with Gasteiger partial charge in [-0.15, -0.1) is 5.10 Å². The van der Waals surface area contributed by atoms with Gasteiger partial charge in [-0.25, -0.2) is 13.1 Å². The number of amides is 1. The largest absolute Gasteiger partial charge is 0.426 e. The van der Waals surface area contributed by atoms with Crippen LogP contribution in [0.25, 0.3) is 11.3 Å². The predicted molar refractivity (Wildman–Crippen MR) is 116 cm³/mol. The lowest BCUT2D eigenvalue weighted by Crippen LogP contribution is -2.52. The van der Waals surface area contributed by atoms with Gasteiger partial charge >= 0.3 is 6.18 Å². The Bertz CT molecular complexity index is 1250. The maximum absolute atomic E-state index is 12.8. The molecule has 3 rings (SSSR count). The summed E-state index contributed by atoms with van der Waals surface area (Å²) < 4.78 is 69.7. The van der Waals surface area contributed by atoms with Crippen LogP contribution in [0.15, 0.2) is 52.7 Å². The molecule has 1 amide bonds. The van der Waals surface area contributed by atoms with Gasteiger partial charge in [-0.3, -0.25) is 4.79 Å². The van der Waals surface area contributed by atoms with Crippen LogP contribution in [0.3, 0.4) is 0 Å². The van der Waals surface area contributed by atoms with Crippen LogP contribution in [-0.2, 0) is 21.4 Å². The van der Waals surface area contributed by atoms with E-state index in [1.54, 1.807) is 29.6 Å². The molecule has 1 unspecified atom stereocenters. The van der Waals surface area contributed by atoms with Crippen molar-refractivity contribution >= 4 is 44.8 Å². The summed E-state index contributed by atoms with van der Waals surface area (Å²) in [6, 6.07) is 10.0. The number of nitrogens with one attached hydrogen (secondary N) is 2. The van der Waals surface area contributed by atoms with E-state index in [1.165, 1.54) is 11.5 Å². The number of rotatable bonds is 7. The van der Waals surface area contributed by atoms with Gasteiger partial charge in [0.05, 0.1) is 15.6 Å². The zero-order chi connectivity index (χ0) is 24.4. The van der Waals surface area contributed by atoms with E-state index in [2.05, 4.69) is 14.3 Å². The maximum Gasteiger partial charge on any atom is 0.426 e. The minimum Gasteiger partial charge on any atom is -0.373 e. The first-order chi connectivity index (χ1) is 15.3. The van der Waals surface area contributed by atoms with Gasteiger partial charge in [-0.1, -0.05) is 40.4 Å². The molecule has 0 bridgehead atoms. The molecule has 1 heterocycles. The molecule has 2 aromatic carbocycles. The topological polar surface area (TPSA) is 121 Å². The van der Waals surface area contributed by atoms with E-state index in [0.29, 0.717) is 18.2 Å². The van der Waals surface area contributed by atoms with Crippen LogP contribution in [-0.4, -0.2) is 40.8 Å². The molecule has 1 aromatic heterocycles. The van der Waals surface area contributed by atoms with E-state index in [1.807, 2.05) is 5.32 Å². The quantitative estimate of drug-likeness (QED) is 0.438. The van der Waals surface area contributed by atoms with E-state index >= 15 is 0 Å². The van der Waals surface area contributed by atoms with E-state index in [9.17, 15) is 31.5 Å². The smallest absolute Gasteiger partial charge is 0.373 e. The van der Waals surface area contributed by atoms with Crippen LogP contribution in [0.4, 0.5) is 18.9 Å². The Balaban J connectivity index is 1.69. The molecular weight excluding hydrogens is 505 g/mol. The summed E-state index contributed by atoms with van der Waals surface area (Å²) in [5.74, 6) is -1.76. The Morgan fingerprint density at radius 3 is 2.39 bits per heavy atom. The SMILES string of the molecule is CC(O)(C(=O)Nc1ccc(S(=O)(=O)NCc2ccc(-c3csnn3)cc2)cc1Cl)C(F)(F)F. The van der Waals surface area contributed by atoms with Gasteiger partial charge in [-0.05, 0) is 42.2 Å². The molecule has 14 heteroatoms. The molecule has 33 heavy (non-hydrogen) atoms. The normalized spacial score (nSPS) is 14.0. The summed E-state index contributed by atoms with van der Waals surface area (Å²) in [6.07, 6.45) is -5.22. The zero-order valence-electron chi connectivity index (χ0n) is 16.7. The minimum atomic E-state index is -5.22. The molecular formula is C19H16ClF3N4O4S2. The molecule has 1 atom stereocenters. The number of carbonyl (C=O) groups excluding carboxylic acids is 1. The number of aliphatic hydroxyl groups is 1. The van der Waals surface area contributed by atoms with Gasteiger partial charge < -0.3 is 10.4 Å². The molecule has 0 aliphatic rings. The number of anilines is 1. The highest BCUT2D eigenvalue weighted by atomic mass is 35.5. The Labute approximate surface area is 195 Å². The van der Waals surface area contributed by atoms with Crippen LogP contribution >= 0.6 is 23.1 Å². The second-order valence-corrected chi connectivity index (χ2v) is 9.76. The van der Waals surface area contributed by atoms with E-state index < -0.39 is 27.7 Å². The predicted octanol–water partition coefficient (Wildman–Crippen LogP) is 3.59. The molecule has 3 aromatic rings. The first kappa shape index (κ1) is 25.1. The maximum atomic E-state index is 12.8. The van der Waals surface area contributed by atoms with Crippen molar-refractivity contribution in [1.29, 1.82) is 0 Å². The third kappa shape index (κ3) is 5.68. The van der Waals surface area contributed by atoms with Crippen molar-refractivity contribution < 1.29 is 31.5 Å². The molecule has 0 radical (unpaired) electrons. The van der Waals surface area contributed by atoms with Crippen LogP contribution in [0.1, 0.15) is 12.5 Å². The Morgan fingerprint density at radius 1 is 1.18 bits per heavy atom. The van der Waals surface area contributed by atoms with Crippen LogP contribution in [0, 0.1) is 0 Å². The summed E-state index contributed by atoms with van der Waals surface area (Å²) in [4.78, 5) is 11.5. The third-order valence-electron chi connectivity index (χ3n) is 4.57. The summed E-state index contributed by atoms with van der Waals surface area (Å²) in [7, 11) is -4.03. The lowest BCUT2D eigenvalue weighted by atomic mass is 10.1. The summed E-state index contributed by atoms with van der Waals surface area (Å²) >= 11 is 7.16. The molecule has 0 saturated heterocycles. The number of sulfonamides is 1. The number of alkyl halides is 3. The van der Waals surface area contributed by atoms with Crippen molar-refractivity contribution in [1.82, 2.24) is 14.3 Å². The van der Waals surface area contributed by atoms with Crippen LogP contribution < -0.4 is 10.0 Å². The molecule has 0 aliphatic heterocycles. The fraction of sp³-hybridized carbons (Fsp3) is 0.211. The van der Waals surface area contributed by atoms with Crippen molar-refractivity contribution in [3.05, 3.63) is 58.4 Å². The number of carbonyl (C=O) groups is 1. The number of halogens is 4. The highest BCUT2D eigenvalue weighted by Crippen LogP contribution is 2.32. The van der Waals surface area contributed by atoms with E-state index in [4.69, 9.17) is 11.6 Å². The summed E-state index contributed by atoms with van der Waals surface area (Å²) in [6.45, 7) is 0.252. The highest BCUT2D eigenvalue weighted by Gasteiger charge is 2.55. The van der Waals surface area contributed by atoms with Crippen LogP contribution in [0.5, 0.6) is 0 Å². The fourth-order valence-corrected chi connectivity index (χ4v) is 4.28. The Kier molecular flexibility index (Phi) is 7.10. The molecule has 176 valence electrons. The lowest BCUT2D eigenvalue weighted by Gasteiger charge is -2.25. The molecule has 0 fully saturated rings. The fourth-order valence-electron chi connectivity index (χ4n) is 2.48. The van der Waals surface area contributed by atoms with Crippen molar-refractivity contribution in [2.45, 2.75) is 30.1 Å². The van der Waals surface area contributed by atoms with E-state index in [-0.39, 0.29) is 22.2 Å². The number of benzene rings is 2. The van der Waals surface area contributed by atoms with E-state index in [0.717, 1.165) is 23.8 Å². The van der Waals surface area contributed by atoms with Gasteiger partial charge in [-0.2, -0.15) is 13.2 Å². The molecule has 0 spiro atoms. The third-order valence-corrected chi connectivity index (χ3v) is 6.79. The minimum absolute atomic E-state index is 0.0392. The Hall–Kier alpha value is -2.58. The van der Waals surface area contributed by atoms with Gasteiger partial charge in [0.15, 0.2) is 0 Å². The van der Waals surface area contributed by atoms with Gasteiger partial charge in [0.2, 0.25) is 15.6 Å². The second kappa shape index (κ2) is 9.35. The van der Waals surface area contributed by atoms with Gasteiger partial charge in [0, 0.05) is 17.5 Å². The average molecular weight is 521 g/mol. The van der Waals surface area contributed by atoms with Gasteiger partial charge in [0.1, 0.15) is 5.69 Å². The molecule has 3 N–H and O–H groups in total. The van der Waals surface area contributed by atoms with Crippen molar-refractivity contribution in [3.63, 3.8) is 0 Å². The molecule has 0 saturated carbocycles. The lowest BCUT2D eigenvalue weighted by molar-refractivity contribution is -0.242. The number of nitrogens with zero attached hydrogens (tertiary/aromatic N) is 2. The standard InChI is InChI=1S/C19H16ClF3N4O4S2/c1-18(29,19(21,22)23)17(28)25-15-7-6-13(8-14(15)20)33(30,31)24-9-11-2-4-12(5-3-11)16-10-32-27-26-16/h2-8,10,24,29H,9H2,1H3,(H,25,28). The monoisotopic (exact) mass is 520 g/mol. The molecule has 0 aliphatic carbocycles. The molecule has 8 nitrogen and oxygen atoms in total. The zero-order valence-corrected chi connectivity index (χ0v) is 19.1. The average Bonchev–Trinajstić information content (AvgIpc) is 3.28. The Morgan fingerprint density at radius 2 is 1.85 bits per heavy atom. The van der Waals surface area contributed by atoms with Crippen LogP contribution in [0.2, 0.25) is 5.02 Å². The first-order valence-electron chi connectivity index (χ1n) is 9.07. The number of aromatic nitrogens is 2. The number of hydrogen-bond donors (Lipinski definition) is 3. The van der Waals surface area contributed by atoms with Crippen molar-refractivity contribution in [2.24, 2.45) is 0 Å². The van der Waals surface area contributed by atoms with Gasteiger partial charge in [0.25, 0.3) is 5.91 Å². The summed E-state index contributed by atoms with van der Waals surface area (Å²) in [5, 5.41) is 16.7. The highest BCUT2D eigenvalue weighted by molar-refractivity contribution is 7.89.